The first-order valence-electron chi connectivity index (χ1n) is 8.95. The van der Waals surface area contributed by atoms with Crippen LogP contribution in [0.5, 0.6) is 11.5 Å². The van der Waals surface area contributed by atoms with Gasteiger partial charge in [0.05, 0.1) is 17.7 Å². The first-order chi connectivity index (χ1) is 12.8. The van der Waals surface area contributed by atoms with Crippen LogP contribution in [0, 0.1) is 20.8 Å². The van der Waals surface area contributed by atoms with Crippen LogP contribution in [0.25, 0.3) is 0 Å². The number of hydrogen-bond donors (Lipinski definition) is 1. The van der Waals surface area contributed by atoms with Crippen molar-refractivity contribution in [2.75, 3.05) is 38.2 Å². The van der Waals surface area contributed by atoms with Gasteiger partial charge in [-0.2, -0.15) is 4.31 Å². The topological polar surface area (TPSA) is 70.1 Å². The van der Waals surface area contributed by atoms with Crippen molar-refractivity contribution in [2.45, 2.75) is 25.7 Å². The Kier molecular flexibility index (Phi) is 5.35. The highest BCUT2D eigenvalue weighted by Gasteiger charge is 2.32. The van der Waals surface area contributed by atoms with Gasteiger partial charge < -0.3 is 14.7 Å². The molecule has 146 valence electrons. The van der Waals surface area contributed by atoms with Gasteiger partial charge in [-0.3, -0.25) is 0 Å². The summed E-state index contributed by atoms with van der Waals surface area (Å²) in [5, 5.41) is 10.0. The second-order valence-electron chi connectivity index (χ2n) is 6.85. The molecule has 1 fully saturated rings. The molecule has 0 unspecified atom stereocenters. The van der Waals surface area contributed by atoms with Crippen molar-refractivity contribution in [2.24, 2.45) is 0 Å². The molecule has 1 heterocycles. The normalized spacial score (nSPS) is 15.8. The van der Waals surface area contributed by atoms with E-state index in [1.165, 1.54) is 4.31 Å². The number of rotatable bonds is 4. The van der Waals surface area contributed by atoms with Crippen LogP contribution in [-0.2, 0) is 10.0 Å². The van der Waals surface area contributed by atoms with E-state index < -0.39 is 10.0 Å². The third-order valence-electron chi connectivity index (χ3n) is 5.26. The number of phenolic OH excluding ortho intramolecular Hbond substituents is 1. The lowest BCUT2D eigenvalue weighted by atomic mass is 10.1. The average molecular weight is 391 g/mol. The Labute approximate surface area is 161 Å². The van der Waals surface area contributed by atoms with E-state index in [2.05, 4.69) is 0 Å². The van der Waals surface area contributed by atoms with E-state index in [1.54, 1.807) is 32.2 Å². The van der Waals surface area contributed by atoms with Crippen molar-refractivity contribution in [3.05, 3.63) is 47.0 Å². The first kappa shape index (κ1) is 19.5. The summed E-state index contributed by atoms with van der Waals surface area (Å²) in [6, 6.07) is 8.92. The van der Waals surface area contributed by atoms with Gasteiger partial charge in [0.25, 0.3) is 0 Å². The molecule has 0 amide bonds. The van der Waals surface area contributed by atoms with Gasteiger partial charge in [-0.05, 0) is 55.7 Å². The summed E-state index contributed by atoms with van der Waals surface area (Å²) in [6.07, 6.45) is 0. The summed E-state index contributed by atoms with van der Waals surface area (Å²) in [5.41, 5.74) is 3.00. The Balaban J connectivity index is 1.86. The maximum atomic E-state index is 13.3. The van der Waals surface area contributed by atoms with Gasteiger partial charge in [0, 0.05) is 26.2 Å². The molecule has 7 heteroatoms. The average Bonchev–Trinajstić information content (AvgIpc) is 2.65. The highest BCUT2D eigenvalue weighted by Crippen LogP contribution is 2.33. The number of hydrogen-bond acceptors (Lipinski definition) is 5. The van der Waals surface area contributed by atoms with Gasteiger partial charge >= 0.3 is 0 Å². The largest absolute Gasteiger partial charge is 0.506 e. The number of aromatic hydroxyl groups is 1. The highest BCUT2D eigenvalue weighted by molar-refractivity contribution is 7.89. The molecule has 0 aromatic heterocycles. The minimum absolute atomic E-state index is 0.214. The van der Waals surface area contributed by atoms with Crippen molar-refractivity contribution in [3.63, 3.8) is 0 Å². The second-order valence-corrected chi connectivity index (χ2v) is 8.73. The third-order valence-corrected chi connectivity index (χ3v) is 7.45. The molecule has 3 rings (SSSR count). The van der Waals surface area contributed by atoms with Crippen molar-refractivity contribution in [1.29, 1.82) is 0 Å². The lowest BCUT2D eigenvalue weighted by Crippen LogP contribution is -2.49. The molecule has 27 heavy (non-hydrogen) atoms. The molecule has 1 saturated heterocycles. The Morgan fingerprint density at radius 1 is 1.00 bits per heavy atom. The number of para-hydroxylation sites is 2. The maximum Gasteiger partial charge on any atom is 0.243 e. The zero-order chi connectivity index (χ0) is 19.8. The number of phenols is 1. The Hall–Kier alpha value is -2.25. The van der Waals surface area contributed by atoms with Gasteiger partial charge in [0.15, 0.2) is 0 Å². The Morgan fingerprint density at radius 2 is 1.63 bits per heavy atom. The molecule has 2 aromatic rings. The minimum atomic E-state index is -3.60. The molecule has 0 saturated carbocycles. The lowest BCUT2D eigenvalue weighted by molar-refractivity contribution is 0.381. The summed E-state index contributed by atoms with van der Waals surface area (Å²) in [4.78, 5) is 2.39. The minimum Gasteiger partial charge on any atom is -0.506 e. The Bertz CT molecular complexity index is 949. The van der Waals surface area contributed by atoms with Crippen molar-refractivity contribution < 1.29 is 18.3 Å². The maximum absolute atomic E-state index is 13.3. The van der Waals surface area contributed by atoms with Crippen LogP contribution in [0.4, 0.5) is 5.69 Å². The van der Waals surface area contributed by atoms with Crippen LogP contribution in [0.3, 0.4) is 0 Å². The number of benzene rings is 2. The summed E-state index contributed by atoms with van der Waals surface area (Å²) >= 11 is 0. The fourth-order valence-corrected chi connectivity index (χ4v) is 5.57. The summed E-state index contributed by atoms with van der Waals surface area (Å²) in [6.45, 7) is 7.33. The number of nitrogens with zero attached hydrogens (tertiary/aromatic N) is 2. The van der Waals surface area contributed by atoms with E-state index in [1.807, 2.05) is 30.9 Å². The summed E-state index contributed by atoms with van der Waals surface area (Å²) in [5.74, 6) is 0.916. The highest BCUT2D eigenvalue weighted by atomic mass is 32.2. The van der Waals surface area contributed by atoms with E-state index in [9.17, 15) is 13.5 Å². The number of sulfonamides is 1. The fraction of sp³-hybridized carbons (Fsp3) is 0.400. The van der Waals surface area contributed by atoms with Crippen molar-refractivity contribution >= 4 is 15.7 Å². The van der Waals surface area contributed by atoms with Crippen LogP contribution < -0.4 is 9.64 Å². The molecule has 0 atom stereocenters. The van der Waals surface area contributed by atoms with E-state index in [0.717, 1.165) is 16.8 Å². The molecule has 2 aromatic carbocycles. The molecule has 0 bridgehead atoms. The molecule has 6 nitrogen and oxygen atoms in total. The van der Waals surface area contributed by atoms with Crippen LogP contribution in [0.15, 0.2) is 35.2 Å². The summed E-state index contributed by atoms with van der Waals surface area (Å²) in [7, 11) is -2.01. The first-order valence-corrected chi connectivity index (χ1v) is 10.4. The van der Waals surface area contributed by atoms with Crippen molar-refractivity contribution in [3.8, 4) is 11.5 Å². The lowest BCUT2D eigenvalue weighted by Gasteiger charge is -2.36. The smallest absolute Gasteiger partial charge is 0.243 e. The predicted molar refractivity (Wildman–Crippen MR) is 106 cm³/mol. The monoisotopic (exact) mass is 390 g/mol. The number of aryl methyl sites for hydroxylation is 1. The quantitative estimate of drug-likeness (QED) is 0.869. The van der Waals surface area contributed by atoms with Crippen molar-refractivity contribution in [1.82, 2.24) is 4.31 Å². The molecule has 1 aliphatic rings. The molecule has 0 aliphatic carbocycles. The van der Waals surface area contributed by atoms with Crippen LogP contribution in [0.2, 0.25) is 0 Å². The van der Waals surface area contributed by atoms with Gasteiger partial charge in [-0.1, -0.05) is 12.1 Å². The van der Waals surface area contributed by atoms with Crippen LogP contribution in [0.1, 0.15) is 16.7 Å². The van der Waals surface area contributed by atoms with Crippen LogP contribution in [-0.4, -0.2) is 51.1 Å². The van der Waals surface area contributed by atoms with Gasteiger partial charge in [0.2, 0.25) is 10.0 Å². The standard InChI is InChI=1S/C20H26N2O4S/c1-14-13-19(26-4)15(2)16(3)20(14)27(24,25)22-11-9-21(10-12-22)17-7-5-6-8-18(17)23/h5-8,13,23H,9-12H2,1-4H3. The molecular weight excluding hydrogens is 364 g/mol. The van der Waals surface area contributed by atoms with E-state index in [-0.39, 0.29) is 5.75 Å². The fourth-order valence-electron chi connectivity index (χ4n) is 3.66. The molecule has 0 radical (unpaired) electrons. The number of methoxy groups -OCH3 is 1. The van der Waals surface area contributed by atoms with Gasteiger partial charge in [-0.15, -0.1) is 0 Å². The zero-order valence-corrected chi connectivity index (χ0v) is 17.0. The zero-order valence-electron chi connectivity index (χ0n) is 16.2. The number of ether oxygens (including phenoxy) is 1. The number of piperazine rings is 1. The molecular formula is C20H26N2O4S. The SMILES string of the molecule is COc1cc(C)c(S(=O)(=O)N2CCN(c3ccccc3O)CC2)c(C)c1C. The van der Waals surface area contributed by atoms with Crippen LogP contribution >= 0.6 is 0 Å². The number of anilines is 1. The Morgan fingerprint density at radius 3 is 2.22 bits per heavy atom. The predicted octanol–water partition coefficient (Wildman–Crippen LogP) is 2.84. The second kappa shape index (κ2) is 7.40. The summed E-state index contributed by atoms with van der Waals surface area (Å²) < 4.78 is 33.5. The van der Waals surface area contributed by atoms with Gasteiger partial charge in [-0.25, -0.2) is 8.42 Å². The molecule has 1 aliphatic heterocycles. The van der Waals surface area contributed by atoms with Gasteiger partial charge in [0.1, 0.15) is 11.5 Å². The third kappa shape index (κ3) is 3.49. The van der Waals surface area contributed by atoms with E-state index in [4.69, 9.17) is 4.74 Å². The van der Waals surface area contributed by atoms with E-state index >= 15 is 0 Å². The van der Waals surface area contributed by atoms with E-state index in [0.29, 0.717) is 42.4 Å². The molecule has 1 N–H and O–H groups in total. The molecule has 0 spiro atoms.